The van der Waals surface area contributed by atoms with E-state index in [9.17, 15) is 4.39 Å². The van der Waals surface area contributed by atoms with Crippen LogP contribution < -0.4 is 0 Å². The lowest BCUT2D eigenvalue weighted by Crippen LogP contribution is -2.36. The highest BCUT2D eigenvalue weighted by Gasteiger charge is 2.40. The van der Waals surface area contributed by atoms with Crippen molar-refractivity contribution in [2.75, 3.05) is 0 Å². The predicted molar refractivity (Wildman–Crippen MR) is 383 cm³/mol. The van der Waals surface area contributed by atoms with Crippen molar-refractivity contribution in [3.8, 4) is 0 Å². The van der Waals surface area contributed by atoms with Gasteiger partial charge in [-0.2, -0.15) is 0 Å². The standard InChI is InChI=1S/C20H35F.C20H36.2C20H34.7H2O.3H2/c1-14-3-7-16(8-4-14)18-11-12-19(20(21)13-18)17-9-5-15(2)6-10-17;3*1-15-3-7-17(8-4-15)19-11-13-20(14-12-19)18-9-5-16(2)6-10-18;;;;;;;;;;/h14-20H,3-13H2,1-2H3;15-20H,3-14H2,1-2H3;2*11,15-18,20H,3-10,12-14H2,1-2H3;7*1H2;3*1H. The molecule has 0 bridgehead atoms. The number of alkyl halides is 1. The summed E-state index contributed by atoms with van der Waals surface area (Å²) in [6.45, 7) is 19.4. The molecule has 5 unspecified atom stereocenters. The maximum absolute atomic E-state index is 14.8. The second-order valence-electron chi connectivity index (χ2n) is 34.1. The minimum Gasteiger partial charge on any atom is -0.412 e. The Balaban J connectivity index is 0. The third-order valence-corrected chi connectivity index (χ3v) is 28.0. The summed E-state index contributed by atoms with van der Waals surface area (Å²) in [6.07, 6.45) is 70.4. The van der Waals surface area contributed by atoms with Crippen molar-refractivity contribution in [1.29, 1.82) is 0 Å². The highest BCUT2D eigenvalue weighted by Crippen LogP contribution is 2.50. The molecule has 0 aromatic carbocycles. The first-order valence-corrected chi connectivity index (χ1v) is 38.3. The number of hydrogen-bond donors (Lipinski definition) is 0. The van der Waals surface area contributed by atoms with E-state index >= 15 is 0 Å². The zero-order valence-electron chi connectivity index (χ0n) is 59.1. The summed E-state index contributed by atoms with van der Waals surface area (Å²) in [5, 5.41) is 0. The molecule has 0 amide bonds. The Morgan fingerprint density at radius 2 is 0.443 bits per heavy atom. The third-order valence-electron chi connectivity index (χ3n) is 28.0. The summed E-state index contributed by atoms with van der Waals surface area (Å²) in [4.78, 5) is 0. The van der Waals surface area contributed by atoms with Gasteiger partial charge in [0, 0.05) is 4.28 Å². The fraction of sp³-hybridized carbons (Fsp3) is 0.950. The van der Waals surface area contributed by atoms with Gasteiger partial charge in [-0.1, -0.05) is 181 Å². The van der Waals surface area contributed by atoms with E-state index in [4.69, 9.17) is 0 Å². The van der Waals surface area contributed by atoms with Gasteiger partial charge in [0.1, 0.15) is 6.17 Å². The van der Waals surface area contributed by atoms with Gasteiger partial charge in [0.25, 0.3) is 0 Å². The number of allylic oxidation sites excluding steroid dienone is 4. The molecule has 5 atom stereocenters. The Bertz CT molecular complexity index is 1710. The number of halogens is 1. The van der Waals surface area contributed by atoms with Gasteiger partial charge in [-0.05, 0) is 316 Å². The molecule has 12 aliphatic rings. The molecular formula is C80H159FO7. The summed E-state index contributed by atoms with van der Waals surface area (Å²) < 4.78 is 14.8. The Labute approximate surface area is 548 Å². The molecule has 7 nitrogen and oxygen atoms in total. The van der Waals surface area contributed by atoms with Gasteiger partial charge < -0.3 is 38.3 Å². The SMILES string of the molecule is CC1CCC(C2=CCC(C3CCC(C)CC3)CC2)CC1.CC1CCC(C2=CCC(C3CCC(C)CC3)CC2)CC1.CC1CCC(C2CCC(C3CCC(C)CC3)C(F)C2)CC1.CC1CCC(C2CCC(C3CCC(C)CC3)CC2)CC1.O.O.O.O.O.O.O.[HH].[HH].[HH]. The molecule has 10 saturated carbocycles. The average molecular weight is 1250 g/mol. The van der Waals surface area contributed by atoms with Crippen molar-refractivity contribution < 1.29 is 47.0 Å². The minimum atomic E-state index is -0.485. The molecule has 0 aromatic rings. The van der Waals surface area contributed by atoms with Gasteiger partial charge in [0.05, 0.1) is 0 Å². The summed E-state index contributed by atoms with van der Waals surface area (Å²) in [5.74, 6) is 21.1. The van der Waals surface area contributed by atoms with E-state index in [1.54, 1.807) is 51.4 Å². The van der Waals surface area contributed by atoms with E-state index in [0.717, 1.165) is 119 Å². The number of hydrogen-bond acceptors (Lipinski definition) is 0. The lowest BCUT2D eigenvalue weighted by atomic mass is 9.64. The molecule has 0 aromatic heterocycles. The lowest BCUT2D eigenvalue weighted by Gasteiger charge is -2.42. The fourth-order valence-electron chi connectivity index (χ4n) is 21.3. The van der Waals surface area contributed by atoms with E-state index in [2.05, 4.69) is 67.5 Å². The van der Waals surface area contributed by atoms with Crippen LogP contribution in [0.1, 0.15) is 349 Å². The van der Waals surface area contributed by atoms with E-state index in [-0.39, 0.29) is 42.6 Å². The fourth-order valence-corrected chi connectivity index (χ4v) is 21.3. The second kappa shape index (κ2) is 42.5. The van der Waals surface area contributed by atoms with Crippen LogP contribution in [0.5, 0.6) is 0 Å². The van der Waals surface area contributed by atoms with Gasteiger partial charge >= 0.3 is 0 Å². The molecule has 0 heterocycles. The van der Waals surface area contributed by atoms with Crippen molar-refractivity contribution in [3.63, 3.8) is 0 Å². The highest BCUT2D eigenvalue weighted by molar-refractivity contribution is 5.13. The molecular weight excluding hydrogens is 1090 g/mol. The zero-order valence-corrected chi connectivity index (χ0v) is 59.1. The van der Waals surface area contributed by atoms with Crippen LogP contribution in [0.3, 0.4) is 0 Å². The summed E-state index contributed by atoms with van der Waals surface area (Å²) in [5.41, 5.74) is 3.72. The largest absolute Gasteiger partial charge is 0.412 e. The van der Waals surface area contributed by atoms with Crippen molar-refractivity contribution in [2.24, 2.45) is 130 Å². The van der Waals surface area contributed by atoms with Gasteiger partial charge in [-0.15, -0.1) is 0 Å². The van der Waals surface area contributed by atoms with Crippen molar-refractivity contribution in [1.82, 2.24) is 0 Å². The molecule has 12 rings (SSSR count). The summed E-state index contributed by atoms with van der Waals surface area (Å²) in [7, 11) is 0. The number of rotatable bonds is 8. The van der Waals surface area contributed by atoms with Crippen LogP contribution in [-0.4, -0.2) is 44.5 Å². The van der Waals surface area contributed by atoms with Crippen molar-refractivity contribution in [2.45, 2.75) is 350 Å². The first-order chi connectivity index (χ1) is 39.3. The Hall–Kier alpha value is -0.870. The van der Waals surface area contributed by atoms with Crippen molar-refractivity contribution in [3.05, 3.63) is 23.3 Å². The minimum absolute atomic E-state index is 0. The van der Waals surface area contributed by atoms with Crippen LogP contribution in [0.2, 0.25) is 0 Å². The zero-order chi connectivity index (χ0) is 56.7. The van der Waals surface area contributed by atoms with Crippen LogP contribution in [0.25, 0.3) is 0 Å². The molecule has 0 spiro atoms. The first kappa shape index (κ1) is 83.2. The van der Waals surface area contributed by atoms with Crippen molar-refractivity contribution >= 4 is 0 Å². The van der Waals surface area contributed by atoms with Gasteiger partial charge in [-0.3, -0.25) is 0 Å². The Morgan fingerprint density at radius 1 is 0.239 bits per heavy atom. The molecule has 10 fully saturated rings. The third kappa shape index (κ3) is 25.4. The highest BCUT2D eigenvalue weighted by atomic mass is 19.1. The molecule has 12 aliphatic carbocycles. The summed E-state index contributed by atoms with van der Waals surface area (Å²) >= 11 is 0. The van der Waals surface area contributed by atoms with E-state index in [0.29, 0.717) is 17.8 Å². The Morgan fingerprint density at radius 3 is 0.682 bits per heavy atom. The maximum atomic E-state index is 14.8. The molecule has 8 heteroatoms. The van der Waals surface area contributed by atoms with Gasteiger partial charge in [0.15, 0.2) is 0 Å². The molecule has 14 N–H and O–H groups in total. The second-order valence-corrected chi connectivity index (χ2v) is 34.1. The molecule has 0 radical (unpaired) electrons. The Kier molecular flexibility index (Phi) is 40.2. The normalized spacial score (nSPS) is 42.0. The van der Waals surface area contributed by atoms with E-state index < -0.39 is 6.17 Å². The van der Waals surface area contributed by atoms with Crippen LogP contribution in [0, 0.1) is 130 Å². The van der Waals surface area contributed by atoms with Crippen LogP contribution in [0.15, 0.2) is 23.3 Å². The van der Waals surface area contributed by atoms with Crippen LogP contribution in [-0.2, 0) is 0 Å². The topological polar surface area (TPSA) is 220 Å². The van der Waals surface area contributed by atoms with Crippen LogP contribution >= 0.6 is 0 Å². The van der Waals surface area contributed by atoms with Gasteiger partial charge in [-0.25, -0.2) is 4.39 Å². The van der Waals surface area contributed by atoms with E-state index in [1.165, 1.54) is 231 Å². The maximum Gasteiger partial charge on any atom is 0.103 e. The molecule has 0 aliphatic heterocycles. The smallest absolute Gasteiger partial charge is 0.103 e. The van der Waals surface area contributed by atoms with E-state index in [1.807, 2.05) is 11.1 Å². The molecule has 528 valence electrons. The van der Waals surface area contributed by atoms with Gasteiger partial charge in [0.2, 0.25) is 0 Å². The quantitative estimate of drug-likeness (QED) is 0.207. The first-order valence-electron chi connectivity index (χ1n) is 38.3. The van der Waals surface area contributed by atoms with Crippen LogP contribution in [0.4, 0.5) is 4.39 Å². The average Bonchev–Trinajstić information content (AvgIpc) is 2.08. The molecule has 0 saturated heterocycles. The monoisotopic (exact) mass is 1250 g/mol. The summed E-state index contributed by atoms with van der Waals surface area (Å²) in [6, 6.07) is 0. The lowest BCUT2D eigenvalue weighted by molar-refractivity contribution is 0.0349. The molecule has 88 heavy (non-hydrogen) atoms. The predicted octanol–water partition coefficient (Wildman–Crippen LogP) is 20.5.